The van der Waals surface area contributed by atoms with Crippen LogP contribution in [-0.4, -0.2) is 40.5 Å². The number of carbonyl (C=O) groups excluding carboxylic acids is 1. The number of hydrogen-bond donors (Lipinski definition) is 2. The van der Waals surface area contributed by atoms with Gasteiger partial charge in [-0.2, -0.15) is 0 Å². The van der Waals surface area contributed by atoms with Crippen LogP contribution in [-0.2, 0) is 10.3 Å². The van der Waals surface area contributed by atoms with Gasteiger partial charge >= 0.3 is 6.09 Å². The third-order valence-electron chi connectivity index (χ3n) is 5.03. The molecular formula is C23H30ClNO4. The molecule has 0 heterocycles. The number of nitrogens with zero attached hydrogens (tertiary/aromatic N) is 1. The Morgan fingerprint density at radius 3 is 2.21 bits per heavy atom. The Balaban J connectivity index is 2.28. The van der Waals surface area contributed by atoms with Crippen molar-refractivity contribution in [2.24, 2.45) is 0 Å². The zero-order valence-corrected chi connectivity index (χ0v) is 18.2. The molecule has 2 N–H and O–H groups in total. The molecule has 2 atom stereocenters. The molecule has 5 nitrogen and oxygen atoms in total. The normalized spacial score (nSPS) is 14.7. The molecule has 0 radical (unpaired) electrons. The van der Waals surface area contributed by atoms with E-state index in [4.69, 9.17) is 16.3 Å². The van der Waals surface area contributed by atoms with Gasteiger partial charge < -0.3 is 19.8 Å². The largest absolute Gasteiger partial charge is 0.453 e. The highest BCUT2D eigenvalue weighted by Crippen LogP contribution is 2.35. The Hall–Kier alpha value is -2.08. The van der Waals surface area contributed by atoms with E-state index in [2.05, 4.69) is 0 Å². The summed E-state index contributed by atoms with van der Waals surface area (Å²) in [7, 11) is 1.34. The van der Waals surface area contributed by atoms with Crippen molar-refractivity contribution in [1.29, 1.82) is 0 Å². The van der Waals surface area contributed by atoms with E-state index in [1.807, 2.05) is 49.4 Å². The molecule has 0 spiro atoms. The fourth-order valence-electron chi connectivity index (χ4n) is 3.59. The van der Waals surface area contributed by atoms with Gasteiger partial charge in [0, 0.05) is 18.0 Å². The second kappa shape index (κ2) is 9.61. The van der Waals surface area contributed by atoms with E-state index >= 15 is 0 Å². The molecule has 0 aromatic heterocycles. The molecule has 0 aliphatic rings. The maximum Gasteiger partial charge on any atom is 0.409 e. The van der Waals surface area contributed by atoms with Crippen LogP contribution in [0.1, 0.15) is 50.8 Å². The smallest absolute Gasteiger partial charge is 0.409 e. The maximum absolute atomic E-state index is 12.5. The van der Waals surface area contributed by atoms with E-state index in [0.29, 0.717) is 10.6 Å². The van der Waals surface area contributed by atoms with Crippen LogP contribution in [0, 0.1) is 0 Å². The second-order valence-corrected chi connectivity index (χ2v) is 8.46. The first-order valence-electron chi connectivity index (χ1n) is 9.66. The number of aliphatic hydroxyl groups is 2. The molecule has 0 fully saturated rings. The van der Waals surface area contributed by atoms with E-state index in [-0.39, 0.29) is 25.4 Å². The van der Waals surface area contributed by atoms with Crippen LogP contribution in [0.4, 0.5) is 4.79 Å². The number of rotatable bonds is 8. The van der Waals surface area contributed by atoms with Crippen molar-refractivity contribution in [3.63, 3.8) is 0 Å². The Kier molecular flexibility index (Phi) is 7.69. The Bertz CT molecular complexity index is 789. The zero-order valence-electron chi connectivity index (χ0n) is 17.4. The lowest BCUT2D eigenvalue weighted by atomic mass is 9.81. The van der Waals surface area contributed by atoms with E-state index in [1.165, 1.54) is 7.11 Å². The van der Waals surface area contributed by atoms with Gasteiger partial charge in [-0.3, -0.25) is 0 Å². The fourth-order valence-corrected chi connectivity index (χ4v) is 3.71. The fraction of sp³-hybridized carbons (Fsp3) is 0.435. The van der Waals surface area contributed by atoms with E-state index in [9.17, 15) is 15.0 Å². The molecule has 2 rings (SSSR count). The molecule has 0 saturated heterocycles. The summed E-state index contributed by atoms with van der Waals surface area (Å²) in [4.78, 5) is 14.0. The van der Waals surface area contributed by atoms with Gasteiger partial charge in [-0.15, -0.1) is 0 Å². The lowest BCUT2D eigenvalue weighted by Gasteiger charge is -2.37. The predicted octanol–water partition coefficient (Wildman–Crippen LogP) is 4.91. The van der Waals surface area contributed by atoms with Gasteiger partial charge in [0.15, 0.2) is 0 Å². The minimum absolute atomic E-state index is 0.133. The zero-order chi connectivity index (χ0) is 21.7. The third-order valence-corrected chi connectivity index (χ3v) is 5.28. The van der Waals surface area contributed by atoms with Crippen molar-refractivity contribution < 1.29 is 19.7 Å². The first-order valence-corrected chi connectivity index (χ1v) is 10.0. The summed E-state index contributed by atoms with van der Waals surface area (Å²) in [5.74, 6) is 0. The van der Waals surface area contributed by atoms with Crippen molar-refractivity contribution in [1.82, 2.24) is 4.90 Å². The van der Waals surface area contributed by atoms with Gasteiger partial charge in [-0.1, -0.05) is 54.1 Å². The first-order chi connectivity index (χ1) is 13.6. The van der Waals surface area contributed by atoms with Gasteiger partial charge in [0.1, 0.15) is 0 Å². The average Bonchev–Trinajstić information content (AvgIpc) is 2.67. The van der Waals surface area contributed by atoms with Crippen molar-refractivity contribution in [2.75, 3.05) is 13.7 Å². The number of carbonyl (C=O) groups is 1. The Morgan fingerprint density at radius 1 is 1.10 bits per heavy atom. The van der Waals surface area contributed by atoms with E-state index in [0.717, 1.165) is 5.56 Å². The van der Waals surface area contributed by atoms with Crippen LogP contribution in [0.25, 0.3) is 0 Å². The number of halogens is 1. The Morgan fingerprint density at radius 2 is 1.69 bits per heavy atom. The minimum atomic E-state index is -1.30. The summed E-state index contributed by atoms with van der Waals surface area (Å²) in [6.07, 6.45) is -0.103. The molecule has 6 heteroatoms. The van der Waals surface area contributed by atoms with Gasteiger partial charge in [0.05, 0.1) is 24.4 Å². The number of hydrogen-bond acceptors (Lipinski definition) is 4. The van der Waals surface area contributed by atoms with Gasteiger partial charge in [0.25, 0.3) is 0 Å². The molecule has 158 valence electrons. The molecule has 2 aromatic carbocycles. The minimum Gasteiger partial charge on any atom is -0.453 e. The molecule has 0 bridgehead atoms. The van der Waals surface area contributed by atoms with E-state index < -0.39 is 17.3 Å². The summed E-state index contributed by atoms with van der Waals surface area (Å²) in [6.45, 7) is 5.47. The van der Waals surface area contributed by atoms with Gasteiger partial charge in [-0.25, -0.2) is 4.79 Å². The SMILES string of the molecule is COC(=O)N(CCC(O)(CC(C)(C)O)c1ccccc1)C(C)c1ccc(Cl)cc1. The molecule has 0 aliphatic heterocycles. The van der Waals surface area contributed by atoms with Crippen molar-refractivity contribution in [3.05, 3.63) is 70.7 Å². The quantitative estimate of drug-likeness (QED) is 0.637. The topological polar surface area (TPSA) is 70.0 Å². The highest BCUT2D eigenvalue weighted by Gasteiger charge is 2.36. The number of benzene rings is 2. The van der Waals surface area contributed by atoms with Crippen molar-refractivity contribution in [2.45, 2.75) is 50.9 Å². The molecule has 1 amide bonds. The van der Waals surface area contributed by atoms with E-state index in [1.54, 1.807) is 30.9 Å². The summed E-state index contributed by atoms with van der Waals surface area (Å²) in [6, 6.07) is 16.2. The summed E-state index contributed by atoms with van der Waals surface area (Å²) < 4.78 is 4.98. The maximum atomic E-state index is 12.5. The number of methoxy groups -OCH3 is 1. The highest BCUT2D eigenvalue weighted by molar-refractivity contribution is 6.30. The Labute approximate surface area is 177 Å². The first kappa shape index (κ1) is 23.2. The summed E-state index contributed by atoms with van der Waals surface area (Å²) in [5, 5.41) is 22.4. The molecule has 0 aliphatic carbocycles. The lowest BCUT2D eigenvalue weighted by Crippen LogP contribution is -2.41. The van der Waals surface area contributed by atoms with Crippen LogP contribution in [0.2, 0.25) is 5.02 Å². The van der Waals surface area contributed by atoms with Gasteiger partial charge in [-0.05, 0) is 50.5 Å². The van der Waals surface area contributed by atoms with Crippen LogP contribution in [0.3, 0.4) is 0 Å². The molecule has 2 aromatic rings. The number of amides is 1. The summed E-state index contributed by atoms with van der Waals surface area (Å²) >= 11 is 5.97. The average molecular weight is 420 g/mol. The van der Waals surface area contributed by atoms with Crippen molar-refractivity contribution >= 4 is 17.7 Å². The van der Waals surface area contributed by atoms with Crippen molar-refractivity contribution in [3.8, 4) is 0 Å². The molecular weight excluding hydrogens is 390 g/mol. The molecule has 0 saturated carbocycles. The van der Waals surface area contributed by atoms with Crippen LogP contribution < -0.4 is 0 Å². The highest BCUT2D eigenvalue weighted by atomic mass is 35.5. The predicted molar refractivity (Wildman–Crippen MR) is 115 cm³/mol. The number of ether oxygens (including phenoxy) is 1. The summed E-state index contributed by atoms with van der Waals surface area (Å²) in [5.41, 5.74) is -0.773. The molecule has 2 unspecified atom stereocenters. The van der Waals surface area contributed by atoms with Gasteiger partial charge in [0.2, 0.25) is 0 Å². The van der Waals surface area contributed by atoms with Crippen LogP contribution in [0.15, 0.2) is 54.6 Å². The van der Waals surface area contributed by atoms with Crippen LogP contribution in [0.5, 0.6) is 0 Å². The lowest BCUT2D eigenvalue weighted by molar-refractivity contribution is -0.0602. The second-order valence-electron chi connectivity index (χ2n) is 8.03. The van der Waals surface area contributed by atoms with Crippen LogP contribution >= 0.6 is 11.6 Å². The monoisotopic (exact) mass is 419 g/mol. The third kappa shape index (κ3) is 6.46. The molecule has 29 heavy (non-hydrogen) atoms. The standard InChI is InChI=1S/C23H30ClNO4/c1-17(18-10-12-20(24)13-11-18)25(21(26)29-4)15-14-23(28,16-22(2,3)27)19-8-6-5-7-9-19/h5-13,17,27-28H,14-16H2,1-4H3.